The fraction of sp³-hybridized carbons (Fsp3) is 0.167. The van der Waals surface area contributed by atoms with Crippen molar-refractivity contribution in [2.24, 2.45) is 0 Å². The van der Waals surface area contributed by atoms with Crippen molar-refractivity contribution in [1.29, 1.82) is 0 Å². The lowest BCUT2D eigenvalue weighted by molar-refractivity contribution is 0.916. The van der Waals surface area contributed by atoms with E-state index < -0.39 is 0 Å². The number of nitrogens with zero attached hydrogens (tertiary/aromatic N) is 6. The molecule has 2 aliphatic rings. The van der Waals surface area contributed by atoms with Gasteiger partial charge in [-0.3, -0.25) is 30.2 Å². The lowest BCUT2D eigenvalue weighted by Gasteiger charge is -2.34. The van der Waals surface area contributed by atoms with Crippen LogP contribution in [-0.4, -0.2) is 40.8 Å². The van der Waals surface area contributed by atoms with Crippen LogP contribution in [0.25, 0.3) is 0 Å². The molecule has 6 heterocycles. The van der Waals surface area contributed by atoms with Crippen LogP contribution >= 0.6 is 23.2 Å². The molecule has 2 aliphatic heterocycles. The second-order valence-corrected chi connectivity index (χ2v) is 13.4. The van der Waals surface area contributed by atoms with E-state index in [-0.39, 0.29) is 11.8 Å². The minimum atomic E-state index is -0.0510. The van der Waals surface area contributed by atoms with E-state index in [9.17, 15) is 0 Å². The van der Waals surface area contributed by atoms with E-state index in [1.54, 1.807) is 0 Å². The van der Waals surface area contributed by atoms with Gasteiger partial charge in [0.2, 0.25) is 0 Å². The fourth-order valence-corrected chi connectivity index (χ4v) is 7.72. The zero-order valence-corrected chi connectivity index (χ0v) is 28.0. The molecule has 0 aliphatic carbocycles. The van der Waals surface area contributed by atoms with Gasteiger partial charge in [0.25, 0.3) is 0 Å². The number of halogens is 2. The highest BCUT2D eigenvalue weighted by atomic mass is 35.5. The molecule has 0 saturated carbocycles. The highest BCUT2D eigenvalue weighted by Crippen LogP contribution is 2.54. The number of nitrogens with one attached hydrogen (secondary N) is 4. The smallest absolute Gasteiger partial charge is 0.165 e. The number of anilines is 6. The first kappa shape index (κ1) is 28.9. The van der Waals surface area contributed by atoms with Gasteiger partial charge in [0.1, 0.15) is 0 Å². The van der Waals surface area contributed by atoms with E-state index in [2.05, 4.69) is 106 Å². The summed E-state index contributed by atoms with van der Waals surface area (Å²) >= 11 is 12.6. The number of hydrogen-bond donors (Lipinski definition) is 4. The van der Waals surface area contributed by atoms with Gasteiger partial charge in [-0.25, -0.2) is 0 Å². The van der Waals surface area contributed by atoms with Gasteiger partial charge >= 0.3 is 0 Å². The summed E-state index contributed by atoms with van der Waals surface area (Å²) in [6, 6.07) is 24.5. The molecule has 9 rings (SSSR count). The van der Waals surface area contributed by atoms with Gasteiger partial charge in [-0.1, -0.05) is 47.5 Å². The number of aromatic amines is 4. The lowest BCUT2D eigenvalue weighted by Crippen LogP contribution is -2.23. The van der Waals surface area contributed by atoms with E-state index in [4.69, 9.17) is 43.6 Å². The number of rotatable bonds is 4. The van der Waals surface area contributed by atoms with E-state index in [0.717, 1.165) is 90.8 Å². The molecule has 0 radical (unpaired) electrons. The van der Waals surface area contributed by atoms with Crippen LogP contribution in [0.3, 0.4) is 0 Å². The maximum Gasteiger partial charge on any atom is 0.165 e. The normalized spacial score (nSPS) is 14.2. The van der Waals surface area contributed by atoms with Crippen molar-refractivity contribution in [2.45, 2.75) is 39.5 Å². The molecule has 0 bridgehead atoms. The van der Waals surface area contributed by atoms with Crippen molar-refractivity contribution in [2.75, 3.05) is 9.80 Å². The van der Waals surface area contributed by atoms with Crippen LogP contribution in [0.15, 0.2) is 72.8 Å². The zero-order valence-electron chi connectivity index (χ0n) is 26.5. The number of hydrogen-bond acceptors (Lipinski definition) is 6. The predicted molar refractivity (Wildman–Crippen MR) is 188 cm³/mol. The average Bonchev–Trinajstić information content (AvgIpc) is 3.87. The Balaban J connectivity index is 1.15. The number of aromatic nitrogens is 8. The summed E-state index contributed by atoms with van der Waals surface area (Å²) in [7, 11) is 0. The molecule has 0 spiro atoms. The Labute approximate surface area is 286 Å². The topological polar surface area (TPSA) is 121 Å². The van der Waals surface area contributed by atoms with Crippen LogP contribution in [-0.2, 0) is 0 Å². The molecule has 10 nitrogen and oxygen atoms in total. The lowest BCUT2D eigenvalue weighted by atomic mass is 9.82. The monoisotopic (exact) mass is 672 g/mol. The maximum absolute atomic E-state index is 6.28. The van der Waals surface area contributed by atoms with Gasteiger partial charge < -0.3 is 0 Å². The van der Waals surface area contributed by atoms with Crippen molar-refractivity contribution in [3.8, 4) is 0 Å². The summed E-state index contributed by atoms with van der Waals surface area (Å²) in [6.07, 6.45) is 0. The van der Waals surface area contributed by atoms with E-state index in [1.807, 2.05) is 24.3 Å². The molecule has 4 aromatic heterocycles. The van der Waals surface area contributed by atoms with Crippen molar-refractivity contribution >= 4 is 57.8 Å². The third-order valence-corrected chi connectivity index (χ3v) is 10.2. The molecule has 0 atom stereocenters. The highest BCUT2D eigenvalue weighted by Gasteiger charge is 2.41. The number of fused-ring (bicyclic) bond motifs is 4. The third kappa shape index (κ3) is 4.12. The second kappa shape index (κ2) is 10.6. The summed E-state index contributed by atoms with van der Waals surface area (Å²) < 4.78 is 0. The van der Waals surface area contributed by atoms with Crippen LogP contribution in [0.2, 0.25) is 10.0 Å². The quantitative estimate of drug-likeness (QED) is 0.148. The number of aryl methyl sites for hydroxylation is 4. The fourth-order valence-electron chi connectivity index (χ4n) is 7.47. The van der Waals surface area contributed by atoms with E-state index in [1.165, 1.54) is 0 Å². The summed E-state index contributed by atoms with van der Waals surface area (Å²) in [5.74, 6) is 3.17. The van der Waals surface area contributed by atoms with Gasteiger partial charge in [0, 0.05) is 78.3 Å². The Morgan fingerprint density at radius 1 is 0.438 bits per heavy atom. The van der Waals surface area contributed by atoms with Gasteiger partial charge in [-0.05, 0) is 87.4 Å². The summed E-state index contributed by atoms with van der Waals surface area (Å²) in [5.41, 5.74) is 12.6. The second-order valence-electron chi connectivity index (χ2n) is 12.5. The molecule has 0 saturated heterocycles. The van der Waals surface area contributed by atoms with Gasteiger partial charge in [-0.15, -0.1) is 0 Å². The minimum Gasteiger partial charge on any atom is -0.280 e. The van der Waals surface area contributed by atoms with Crippen LogP contribution < -0.4 is 9.80 Å². The molecule has 12 heteroatoms. The summed E-state index contributed by atoms with van der Waals surface area (Å²) in [4.78, 5) is 4.24. The molecule has 238 valence electrons. The van der Waals surface area contributed by atoms with Crippen molar-refractivity contribution < 1.29 is 0 Å². The molecule has 0 fully saturated rings. The molecule has 7 aromatic rings. The zero-order chi connectivity index (χ0) is 32.8. The van der Waals surface area contributed by atoms with E-state index >= 15 is 0 Å². The maximum atomic E-state index is 6.28. The van der Waals surface area contributed by atoms with Crippen LogP contribution in [0, 0.1) is 27.7 Å². The SMILES string of the molecule is Cc1[nH]nc2c1C(c1ccc(Cl)cc1)c1c(n[nH]c1C)N2c1ccc(N2c3n[nH]c(C)c3C(c3ccc(Cl)cc3)c3c2n[nH]c3C)cc1. The third-order valence-electron chi connectivity index (χ3n) is 9.67. The molecular formula is C36H30Cl2N10. The summed E-state index contributed by atoms with van der Waals surface area (Å²) in [5, 5.41) is 33.6. The van der Waals surface area contributed by atoms with Crippen molar-refractivity contribution in [3.63, 3.8) is 0 Å². The predicted octanol–water partition coefficient (Wildman–Crippen LogP) is 9.05. The Bertz CT molecular complexity index is 2070. The first-order chi connectivity index (χ1) is 23.3. The summed E-state index contributed by atoms with van der Waals surface area (Å²) in [6.45, 7) is 8.27. The number of H-pyrrole nitrogens is 4. The van der Waals surface area contributed by atoms with Crippen LogP contribution in [0.4, 0.5) is 34.6 Å². The molecule has 0 unspecified atom stereocenters. The van der Waals surface area contributed by atoms with Gasteiger partial charge in [0.05, 0.1) is 0 Å². The first-order valence-electron chi connectivity index (χ1n) is 15.7. The molecular weight excluding hydrogens is 643 g/mol. The Hall–Kier alpha value is -5.32. The minimum absolute atomic E-state index is 0.0510. The van der Waals surface area contributed by atoms with E-state index in [0.29, 0.717) is 10.0 Å². The van der Waals surface area contributed by atoms with Crippen LogP contribution in [0.5, 0.6) is 0 Å². The van der Waals surface area contributed by atoms with Crippen molar-refractivity contribution in [1.82, 2.24) is 40.8 Å². The van der Waals surface area contributed by atoms with Crippen LogP contribution in [0.1, 0.15) is 68.0 Å². The average molecular weight is 674 g/mol. The Morgan fingerprint density at radius 2 is 0.708 bits per heavy atom. The van der Waals surface area contributed by atoms with Gasteiger partial charge in [-0.2, -0.15) is 20.4 Å². The largest absolute Gasteiger partial charge is 0.280 e. The van der Waals surface area contributed by atoms with Gasteiger partial charge in [0.15, 0.2) is 23.3 Å². The molecule has 4 N–H and O–H groups in total. The standard InChI is InChI=1S/C36H30Cl2N10/c1-17-27-31(21-5-9-23(37)10-6-21)28-18(2)40-44-34(28)47(33(27)43-39-17)25-13-15-26(16-14-25)48-35-29(19(3)41-45-35)32(22-7-11-24(38)12-8-22)30-20(4)42-46-36(30)48/h5-16,31-32H,1-4H3,(H,39,43)(H,40,44)(H,41,45)(H,42,46). The Morgan fingerprint density at radius 3 is 0.979 bits per heavy atom. The van der Waals surface area contributed by atoms with Crippen molar-refractivity contribution in [3.05, 3.63) is 139 Å². The number of benzene rings is 3. The first-order valence-corrected chi connectivity index (χ1v) is 16.5. The molecule has 3 aromatic carbocycles. The molecule has 48 heavy (non-hydrogen) atoms. The highest BCUT2D eigenvalue weighted by molar-refractivity contribution is 6.30. The molecule has 0 amide bonds. The Kier molecular flexibility index (Phi) is 6.37.